The summed E-state index contributed by atoms with van der Waals surface area (Å²) >= 11 is 0. The van der Waals surface area contributed by atoms with E-state index in [1.807, 2.05) is 31.2 Å². The van der Waals surface area contributed by atoms with E-state index >= 15 is 0 Å². The molecule has 0 bridgehead atoms. The SMILES string of the molecule is Cc1cccc(N2C[C@@H](Nc3nccc(-c4cc(C(=O)O)ccn4)n3)CC2=O)c1. The van der Waals surface area contributed by atoms with E-state index in [1.54, 1.807) is 17.2 Å². The number of pyridine rings is 1. The molecule has 2 N–H and O–H groups in total. The van der Waals surface area contributed by atoms with Crippen LogP contribution < -0.4 is 10.2 Å². The first-order chi connectivity index (χ1) is 14.0. The molecule has 1 amide bonds. The molecule has 4 rings (SSSR count). The van der Waals surface area contributed by atoms with Crippen molar-refractivity contribution in [3.05, 3.63) is 66.0 Å². The zero-order chi connectivity index (χ0) is 20.4. The van der Waals surface area contributed by atoms with Gasteiger partial charge >= 0.3 is 5.97 Å². The maximum atomic E-state index is 12.5. The predicted molar refractivity (Wildman–Crippen MR) is 108 cm³/mol. The lowest BCUT2D eigenvalue weighted by Crippen LogP contribution is -2.28. The number of rotatable bonds is 5. The molecule has 0 saturated carbocycles. The van der Waals surface area contributed by atoms with E-state index in [4.69, 9.17) is 5.11 Å². The van der Waals surface area contributed by atoms with Gasteiger partial charge in [-0.2, -0.15) is 0 Å². The number of anilines is 2. The topological polar surface area (TPSA) is 108 Å². The van der Waals surface area contributed by atoms with Crippen molar-refractivity contribution in [3.8, 4) is 11.4 Å². The van der Waals surface area contributed by atoms with Gasteiger partial charge in [0.25, 0.3) is 0 Å². The van der Waals surface area contributed by atoms with Gasteiger partial charge in [0.15, 0.2) is 0 Å². The first kappa shape index (κ1) is 18.5. The summed E-state index contributed by atoms with van der Waals surface area (Å²) in [6, 6.07) is 12.3. The molecule has 0 unspecified atom stereocenters. The molecular weight excluding hydrogens is 370 g/mol. The minimum absolute atomic E-state index is 0.0417. The minimum atomic E-state index is -1.03. The third-order valence-corrected chi connectivity index (χ3v) is 4.70. The number of carboxylic acids is 1. The number of aromatic nitrogens is 3. The van der Waals surface area contributed by atoms with Crippen molar-refractivity contribution in [2.24, 2.45) is 0 Å². The van der Waals surface area contributed by atoms with E-state index < -0.39 is 5.97 Å². The Morgan fingerprint density at radius 3 is 2.76 bits per heavy atom. The van der Waals surface area contributed by atoms with E-state index in [0.717, 1.165) is 11.3 Å². The number of nitrogens with zero attached hydrogens (tertiary/aromatic N) is 4. The average Bonchev–Trinajstić information content (AvgIpc) is 3.08. The van der Waals surface area contributed by atoms with Crippen molar-refractivity contribution < 1.29 is 14.7 Å². The van der Waals surface area contributed by atoms with Crippen molar-refractivity contribution in [1.82, 2.24) is 15.0 Å². The highest BCUT2D eigenvalue weighted by Crippen LogP contribution is 2.24. The number of hydrogen-bond acceptors (Lipinski definition) is 6. The van der Waals surface area contributed by atoms with Crippen molar-refractivity contribution in [2.75, 3.05) is 16.8 Å². The van der Waals surface area contributed by atoms with Crippen LogP contribution in [0.4, 0.5) is 11.6 Å². The van der Waals surface area contributed by atoms with Crippen LogP contribution >= 0.6 is 0 Å². The van der Waals surface area contributed by atoms with Crippen LogP contribution in [0.5, 0.6) is 0 Å². The number of aromatic carboxylic acids is 1. The second kappa shape index (κ2) is 7.67. The summed E-state index contributed by atoms with van der Waals surface area (Å²) in [5, 5.41) is 12.4. The summed E-state index contributed by atoms with van der Waals surface area (Å²) in [7, 11) is 0. The zero-order valence-corrected chi connectivity index (χ0v) is 15.7. The van der Waals surface area contributed by atoms with Gasteiger partial charge in [-0.1, -0.05) is 12.1 Å². The third kappa shape index (κ3) is 4.06. The Bertz CT molecular complexity index is 1090. The van der Waals surface area contributed by atoms with Crippen LogP contribution in [0, 0.1) is 6.92 Å². The number of hydrogen-bond donors (Lipinski definition) is 2. The average molecular weight is 389 g/mol. The first-order valence-corrected chi connectivity index (χ1v) is 9.16. The summed E-state index contributed by atoms with van der Waals surface area (Å²) in [6.45, 7) is 2.51. The first-order valence-electron chi connectivity index (χ1n) is 9.16. The van der Waals surface area contributed by atoms with Crippen molar-refractivity contribution in [2.45, 2.75) is 19.4 Å². The standard InChI is InChI=1S/C21H19N5O3/c1-13-3-2-4-16(9-13)26-12-15(11-19(26)27)24-21-23-8-6-17(25-21)18-10-14(20(28)29)5-7-22-18/h2-10,15H,11-12H2,1H3,(H,28,29)(H,23,24,25)/t15-/m0/s1. The van der Waals surface area contributed by atoms with Gasteiger partial charge in [0.1, 0.15) is 0 Å². The molecule has 0 aliphatic carbocycles. The Hall–Kier alpha value is -3.81. The van der Waals surface area contributed by atoms with Gasteiger partial charge in [-0.15, -0.1) is 0 Å². The quantitative estimate of drug-likeness (QED) is 0.691. The fraction of sp³-hybridized carbons (Fsp3) is 0.190. The van der Waals surface area contributed by atoms with Crippen LogP contribution in [0.2, 0.25) is 0 Å². The normalized spacial score (nSPS) is 16.1. The maximum absolute atomic E-state index is 12.5. The van der Waals surface area contributed by atoms with Gasteiger partial charge < -0.3 is 15.3 Å². The largest absolute Gasteiger partial charge is 0.478 e. The van der Waals surface area contributed by atoms with Crippen LogP contribution in [0.25, 0.3) is 11.4 Å². The highest BCUT2D eigenvalue weighted by molar-refractivity contribution is 5.96. The summed E-state index contributed by atoms with van der Waals surface area (Å²) in [6.07, 6.45) is 3.35. The number of benzene rings is 1. The van der Waals surface area contributed by atoms with E-state index in [9.17, 15) is 9.59 Å². The van der Waals surface area contributed by atoms with E-state index in [0.29, 0.717) is 30.3 Å². The molecule has 1 aliphatic heterocycles. The van der Waals surface area contributed by atoms with Gasteiger partial charge in [-0.3, -0.25) is 9.78 Å². The molecule has 0 radical (unpaired) electrons. The van der Waals surface area contributed by atoms with E-state index in [1.165, 1.54) is 18.3 Å². The van der Waals surface area contributed by atoms with Gasteiger partial charge in [0.05, 0.1) is 23.0 Å². The predicted octanol–water partition coefficient (Wildman–Crippen LogP) is 2.76. The summed E-state index contributed by atoms with van der Waals surface area (Å²) in [5.74, 6) is -0.615. The molecule has 8 heteroatoms. The monoisotopic (exact) mass is 389 g/mol. The Morgan fingerprint density at radius 1 is 1.14 bits per heavy atom. The molecule has 3 aromatic rings. The molecule has 1 aromatic carbocycles. The number of carbonyl (C=O) groups is 2. The summed E-state index contributed by atoms with van der Waals surface area (Å²) in [5.41, 5.74) is 3.06. The number of nitrogens with one attached hydrogen (secondary N) is 1. The summed E-state index contributed by atoms with van der Waals surface area (Å²) < 4.78 is 0. The molecule has 8 nitrogen and oxygen atoms in total. The fourth-order valence-electron chi connectivity index (χ4n) is 3.31. The van der Waals surface area contributed by atoms with Crippen molar-refractivity contribution >= 4 is 23.5 Å². The number of carbonyl (C=O) groups excluding carboxylic acids is 1. The molecule has 1 fully saturated rings. The van der Waals surface area contributed by atoms with Crippen LogP contribution in [0.1, 0.15) is 22.3 Å². The third-order valence-electron chi connectivity index (χ3n) is 4.70. The molecule has 146 valence electrons. The fourth-order valence-corrected chi connectivity index (χ4v) is 3.31. The van der Waals surface area contributed by atoms with Gasteiger partial charge in [0, 0.05) is 31.0 Å². The van der Waals surface area contributed by atoms with Crippen LogP contribution in [0.15, 0.2) is 54.9 Å². The number of carboxylic acid groups (broad SMARTS) is 1. The summed E-state index contributed by atoms with van der Waals surface area (Å²) in [4.78, 5) is 38.2. The Labute approximate surface area is 167 Å². The lowest BCUT2D eigenvalue weighted by atomic mass is 10.2. The second-order valence-electron chi connectivity index (χ2n) is 6.89. The van der Waals surface area contributed by atoms with Crippen molar-refractivity contribution in [1.29, 1.82) is 0 Å². The Morgan fingerprint density at radius 2 is 1.97 bits per heavy atom. The smallest absolute Gasteiger partial charge is 0.335 e. The highest BCUT2D eigenvalue weighted by atomic mass is 16.4. The van der Waals surface area contributed by atoms with Crippen LogP contribution in [-0.2, 0) is 4.79 Å². The minimum Gasteiger partial charge on any atom is -0.478 e. The van der Waals surface area contributed by atoms with Crippen molar-refractivity contribution in [3.63, 3.8) is 0 Å². The van der Waals surface area contributed by atoms with Crippen LogP contribution in [-0.4, -0.2) is 44.5 Å². The van der Waals surface area contributed by atoms with Gasteiger partial charge in [-0.25, -0.2) is 14.8 Å². The molecule has 1 saturated heterocycles. The van der Waals surface area contributed by atoms with Gasteiger partial charge in [0.2, 0.25) is 11.9 Å². The van der Waals surface area contributed by atoms with E-state index in [-0.39, 0.29) is 17.5 Å². The number of aryl methyl sites for hydroxylation is 1. The van der Waals surface area contributed by atoms with Crippen LogP contribution in [0.3, 0.4) is 0 Å². The van der Waals surface area contributed by atoms with E-state index in [2.05, 4.69) is 20.3 Å². The molecule has 1 atom stereocenters. The Kier molecular flexibility index (Phi) is 4.90. The molecule has 2 aromatic heterocycles. The molecule has 1 aliphatic rings. The molecule has 29 heavy (non-hydrogen) atoms. The zero-order valence-electron chi connectivity index (χ0n) is 15.7. The Balaban J connectivity index is 1.51. The van der Waals surface area contributed by atoms with Gasteiger partial charge in [-0.05, 0) is 42.8 Å². The molecular formula is C21H19N5O3. The lowest BCUT2D eigenvalue weighted by Gasteiger charge is -2.17. The molecule has 3 heterocycles. The number of amides is 1. The lowest BCUT2D eigenvalue weighted by molar-refractivity contribution is -0.117. The maximum Gasteiger partial charge on any atom is 0.335 e. The highest BCUT2D eigenvalue weighted by Gasteiger charge is 2.31. The second-order valence-corrected chi connectivity index (χ2v) is 6.89. The molecule has 0 spiro atoms.